The van der Waals surface area contributed by atoms with Crippen molar-refractivity contribution in [1.29, 1.82) is 0 Å². The van der Waals surface area contributed by atoms with Gasteiger partial charge in [0.1, 0.15) is 0 Å². The Morgan fingerprint density at radius 3 is 1.12 bits per heavy atom. The Hall–Kier alpha value is -0.738. The second-order valence-corrected chi connectivity index (χ2v) is 46.7. The maximum atomic E-state index is 2.72. The van der Waals surface area contributed by atoms with Crippen LogP contribution in [-0.4, -0.2) is 16.1 Å². The van der Waals surface area contributed by atoms with Crippen LogP contribution >= 0.6 is 0 Å². The average molecular weight is 865 g/mol. The van der Waals surface area contributed by atoms with E-state index in [0.717, 1.165) is 25.7 Å². The summed E-state index contributed by atoms with van der Waals surface area (Å²) in [7, 11) is -3.68. The quantitative estimate of drug-likeness (QED) is 0.176. The molecule has 0 saturated carbocycles. The van der Waals surface area contributed by atoms with Gasteiger partial charge in [-0.1, -0.05) is 0 Å². The van der Waals surface area contributed by atoms with E-state index in [4.69, 9.17) is 0 Å². The molecule has 4 atom stereocenters. The molecule has 0 radical (unpaired) electrons. The first kappa shape index (κ1) is 49.6. The van der Waals surface area contributed by atoms with Gasteiger partial charge in [0.25, 0.3) is 0 Å². The van der Waals surface area contributed by atoms with Gasteiger partial charge in [-0.3, -0.25) is 0 Å². The van der Waals surface area contributed by atoms with Crippen LogP contribution < -0.4 is 10.4 Å². The van der Waals surface area contributed by atoms with Crippen LogP contribution in [-0.2, 0) is 58.9 Å². The molecule has 0 aliphatic heterocycles. The number of hydrogen-bond acceptors (Lipinski definition) is 0. The Morgan fingerprint density at radius 1 is 0.500 bits per heavy atom. The first-order valence-electron chi connectivity index (χ1n) is 22.7. The van der Waals surface area contributed by atoms with Gasteiger partial charge in [0.15, 0.2) is 0 Å². The second kappa shape index (κ2) is 18.1. The molecule has 56 heavy (non-hydrogen) atoms. The molecule has 4 heteroatoms. The average Bonchev–Trinajstić information content (AvgIpc) is 3.44. The van der Waals surface area contributed by atoms with E-state index in [9.17, 15) is 0 Å². The van der Waals surface area contributed by atoms with Crippen LogP contribution in [0.2, 0.25) is 66.1 Å². The molecule has 0 amide bonds. The zero-order valence-electron chi connectivity index (χ0n) is 41.3. The minimum absolute atomic E-state index is 0.241. The summed E-state index contributed by atoms with van der Waals surface area (Å²) < 4.78 is 3.77. The summed E-state index contributed by atoms with van der Waals surface area (Å²) in [6.45, 7) is 41.9. The van der Waals surface area contributed by atoms with Gasteiger partial charge in [-0.15, -0.1) is 0 Å². The van der Waals surface area contributed by atoms with Crippen molar-refractivity contribution in [3.05, 3.63) is 99.8 Å². The van der Waals surface area contributed by atoms with Crippen molar-refractivity contribution in [2.45, 2.75) is 202 Å². The third-order valence-corrected chi connectivity index (χ3v) is 36.6. The molecule has 2 aromatic rings. The van der Waals surface area contributed by atoms with Crippen molar-refractivity contribution in [3.63, 3.8) is 0 Å². The van der Waals surface area contributed by atoms with Gasteiger partial charge in [-0.2, -0.15) is 0 Å². The molecule has 4 rings (SSSR count). The van der Waals surface area contributed by atoms with Crippen LogP contribution in [0.5, 0.6) is 0 Å². The number of hydrogen-bond donors (Lipinski definition) is 0. The van der Waals surface area contributed by atoms with Crippen molar-refractivity contribution in [1.82, 2.24) is 0 Å². The Balaban J connectivity index is 0.000000300. The molecule has 0 saturated heterocycles. The summed E-state index contributed by atoms with van der Waals surface area (Å²) >= 11 is -4.06. The van der Waals surface area contributed by atoms with E-state index in [2.05, 4.69) is 185 Å². The number of aryl methyl sites for hydroxylation is 4. The van der Waals surface area contributed by atoms with E-state index in [1.165, 1.54) is 34.7 Å². The molecule has 0 nitrogen and oxygen atoms in total. The summed E-state index contributed by atoms with van der Waals surface area (Å²) in [5.74, 6) is 0. The van der Waals surface area contributed by atoms with Gasteiger partial charge in [0.2, 0.25) is 0 Å². The molecule has 2 aliphatic rings. The molecular formula is C52H88Si2Ti2. The fraction of sp³-hybridized carbons (Fsp3) is 0.615. The predicted molar refractivity (Wildman–Crippen MR) is 257 cm³/mol. The van der Waals surface area contributed by atoms with E-state index >= 15 is 0 Å². The summed E-state index contributed by atoms with van der Waals surface area (Å²) in [4.78, 5) is 0. The molecule has 0 bridgehead atoms. The maximum absolute atomic E-state index is 2.72. The summed E-state index contributed by atoms with van der Waals surface area (Å²) in [6.07, 6.45) is 5.83. The third-order valence-electron chi connectivity index (χ3n) is 16.0. The zero-order chi connectivity index (χ0) is 43.1. The second-order valence-electron chi connectivity index (χ2n) is 21.2. The molecule has 2 aliphatic carbocycles. The van der Waals surface area contributed by atoms with Gasteiger partial charge in [-0.25, -0.2) is 0 Å². The molecular weight excluding hydrogens is 776 g/mol. The van der Waals surface area contributed by atoms with Crippen molar-refractivity contribution < 1.29 is 33.2 Å². The van der Waals surface area contributed by atoms with E-state index in [-0.39, 0.29) is 10.1 Å². The van der Waals surface area contributed by atoms with Crippen LogP contribution in [0.1, 0.15) is 133 Å². The summed E-state index contributed by atoms with van der Waals surface area (Å²) in [5, 5.41) is 19.6. The van der Waals surface area contributed by atoms with Crippen LogP contribution in [0.3, 0.4) is 0 Å². The standard InChI is InChI=1S/2C23H35Si.6CH3.2Ti/c1-10-20-12-21(11-2)14-22(13-20)24(9,16(3)4)23(8)15-17(5)18(6)19(23)7;1-9-12-24(8,23(7)16-17(4)18(5)19(23)6)22-14-20(10-2)13-21(11-3)15-22;;;;;;;;/h12-14,16H,10-11H2,1-9H3;13-15H,9-12H2,1-8H3;6*1H3;;. The monoisotopic (exact) mass is 865 g/mol. The molecule has 0 N–H and O–H groups in total. The number of rotatable bonds is 13. The first-order valence-corrected chi connectivity index (χ1v) is 38.9. The number of benzene rings is 2. The van der Waals surface area contributed by atoms with Crippen molar-refractivity contribution in [2.75, 3.05) is 0 Å². The van der Waals surface area contributed by atoms with E-state index in [1.807, 2.05) is 7.76 Å². The fourth-order valence-electron chi connectivity index (χ4n) is 12.1. The molecule has 0 heterocycles. The van der Waals surface area contributed by atoms with Gasteiger partial charge in [0, 0.05) is 0 Å². The normalized spacial score (nSPS) is 22.9. The molecule has 312 valence electrons. The molecule has 4 unspecified atom stereocenters. The van der Waals surface area contributed by atoms with Crippen LogP contribution in [0.4, 0.5) is 0 Å². The molecule has 2 aromatic carbocycles. The van der Waals surface area contributed by atoms with Crippen molar-refractivity contribution in [2.24, 2.45) is 0 Å². The zero-order valence-corrected chi connectivity index (χ0v) is 46.4. The third kappa shape index (κ3) is 8.44. The summed E-state index contributed by atoms with van der Waals surface area (Å²) in [6, 6.07) is 16.6. The van der Waals surface area contributed by atoms with Gasteiger partial charge in [0.05, 0.1) is 0 Å². The van der Waals surface area contributed by atoms with E-state index < -0.39 is 49.3 Å². The SMILES string of the molecule is CCC[Si](C)(c1cc(CC)cc(CC)c1)C1(C)C(C)=C(C)C(C)=[C]1[Ti]([CH3])([CH3])[CH3].CCc1cc(CC)cc([Si](C)(C(C)C)C2(C)C(C)=C(C)C(C)=[C]2[Ti]([CH3])([CH3])[CH3])c1. The van der Waals surface area contributed by atoms with Gasteiger partial charge in [-0.05, 0) is 0 Å². The topological polar surface area (TPSA) is 0 Å². The Morgan fingerprint density at radius 2 is 0.821 bits per heavy atom. The predicted octanol–water partition coefficient (Wildman–Crippen LogP) is 16.4. The van der Waals surface area contributed by atoms with Crippen LogP contribution in [0, 0.1) is 0 Å². The Labute approximate surface area is 358 Å². The minimum atomic E-state index is -2.04. The Bertz CT molecular complexity index is 1860. The Kier molecular flexibility index (Phi) is 16.0. The fourth-order valence-corrected chi connectivity index (χ4v) is 37.3. The van der Waals surface area contributed by atoms with Crippen molar-refractivity contribution >= 4 is 26.5 Å². The van der Waals surface area contributed by atoms with Crippen molar-refractivity contribution in [3.8, 4) is 0 Å². The van der Waals surface area contributed by atoms with E-state index in [0.29, 0.717) is 5.54 Å². The van der Waals surface area contributed by atoms with E-state index in [1.54, 1.807) is 43.8 Å². The molecule has 0 fully saturated rings. The van der Waals surface area contributed by atoms with Gasteiger partial charge < -0.3 is 0 Å². The number of allylic oxidation sites excluding steroid dienone is 8. The summed E-state index contributed by atoms with van der Waals surface area (Å²) in [5.41, 5.74) is 16.6. The van der Waals surface area contributed by atoms with Crippen LogP contribution in [0.15, 0.2) is 77.6 Å². The molecule has 0 aromatic heterocycles. The van der Waals surface area contributed by atoms with Crippen LogP contribution in [0.25, 0.3) is 0 Å². The van der Waals surface area contributed by atoms with Gasteiger partial charge >= 0.3 is 362 Å². The first-order chi connectivity index (χ1) is 25.6. The molecule has 0 spiro atoms.